The minimum atomic E-state index is -3.95. The Morgan fingerprint density at radius 1 is 1.29 bits per heavy atom. The number of primary sulfonamides is 1. The summed E-state index contributed by atoms with van der Waals surface area (Å²) in [5.41, 5.74) is -0.145. The fourth-order valence-corrected chi connectivity index (χ4v) is 2.49. The summed E-state index contributed by atoms with van der Waals surface area (Å²) in [6.07, 6.45) is 2.39. The molecule has 1 heterocycles. The molecule has 1 aromatic carbocycles. The fraction of sp³-hybridized carbons (Fsp3) is 0.308. The minimum Gasteiger partial charge on any atom is -0.329 e. The predicted molar refractivity (Wildman–Crippen MR) is 73.1 cm³/mol. The van der Waals surface area contributed by atoms with Crippen molar-refractivity contribution in [1.82, 2.24) is 9.55 Å². The number of benzene rings is 1. The lowest BCUT2D eigenvalue weighted by atomic mass is 10.2. The molecule has 0 bridgehead atoms. The summed E-state index contributed by atoms with van der Waals surface area (Å²) in [4.78, 5) is 3.93. The van der Waals surface area contributed by atoms with E-state index in [1.54, 1.807) is 0 Å². The van der Waals surface area contributed by atoms with E-state index in [0.29, 0.717) is 18.7 Å². The van der Waals surface area contributed by atoms with E-state index in [0.717, 1.165) is 12.1 Å². The highest BCUT2D eigenvalue weighted by Crippen LogP contribution is 2.17. The van der Waals surface area contributed by atoms with Gasteiger partial charge in [0, 0.05) is 18.2 Å². The normalized spacial score (nSPS) is 11.8. The number of nitrogens with two attached hydrogens (primary N) is 1. The minimum absolute atomic E-state index is 0.143. The summed E-state index contributed by atoms with van der Waals surface area (Å²) < 4.78 is 51.4. The Kier molecular flexibility index (Phi) is 4.38. The van der Waals surface area contributed by atoms with Crippen LogP contribution in [-0.4, -0.2) is 18.0 Å². The molecular weight excluding hydrogens is 300 g/mol. The van der Waals surface area contributed by atoms with Gasteiger partial charge < -0.3 is 4.57 Å². The average Bonchev–Trinajstić information content (AvgIpc) is 2.78. The van der Waals surface area contributed by atoms with Crippen LogP contribution < -0.4 is 5.14 Å². The standard InChI is InChI=1S/C13H15F2N3O2S/c1-2-4-12-17-13(21(16,19)20)8-18(12)7-9-10(14)5-3-6-11(9)15/h3,5-6,8H,2,4,7H2,1H3,(H2,16,19,20). The molecule has 0 atom stereocenters. The monoisotopic (exact) mass is 315 g/mol. The first kappa shape index (κ1) is 15.6. The second-order valence-corrected chi connectivity index (χ2v) is 6.13. The van der Waals surface area contributed by atoms with Crippen molar-refractivity contribution in [1.29, 1.82) is 0 Å². The molecule has 0 amide bonds. The number of aryl methyl sites for hydroxylation is 1. The van der Waals surface area contributed by atoms with Gasteiger partial charge in [-0.1, -0.05) is 13.0 Å². The van der Waals surface area contributed by atoms with Crippen LogP contribution in [0.25, 0.3) is 0 Å². The molecule has 0 saturated heterocycles. The fourth-order valence-electron chi connectivity index (χ4n) is 1.98. The molecule has 0 saturated carbocycles. The number of sulfonamides is 1. The van der Waals surface area contributed by atoms with E-state index in [1.165, 1.54) is 16.8 Å². The van der Waals surface area contributed by atoms with Gasteiger partial charge in [-0.05, 0) is 18.6 Å². The highest BCUT2D eigenvalue weighted by molar-refractivity contribution is 7.89. The zero-order valence-electron chi connectivity index (χ0n) is 11.4. The Labute approximate surface area is 121 Å². The van der Waals surface area contributed by atoms with Crippen LogP contribution in [0.4, 0.5) is 8.78 Å². The summed E-state index contributed by atoms with van der Waals surface area (Å²) >= 11 is 0. The number of aromatic nitrogens is 2. The molecule has 114 valence electrons. The van der Waals surface area contributed by atoms with E-state index in [-0.39, 0.29) is 17.1 Å². The summed E-state index contributed by atoms with van der Waals surface area (Å²) in [5.74, 6) is -0.962. The van der Waals surface area contributed by atoms with E-state index in [1.807, 2.05) is 6.92 Å². The SMILES string of the molecule is CCCc1nc(S(N)(=O)=O)cn1Cc1c(F)cccc1F. The number of halogens is 2. The zero-order chi connectivity index (χ0) is 15.6. The Balaban J connectivity index is 2.46. The first-order valence-electron chi connectivity index (χ1n) is 6.34. The predicted octanol–water partition coefficient (Wildman–Crippen LogP) is 1.81. The molecule has 5 nitrogen and oxygen atoms in total. The summed E-state index contributed by atoms with van der Waals surface area (Å²) in [7, 11) is -3.95. The molecule has 21 heavy (non-hydrogen) atoms. The number of rotatable bonds is 5. The van der Waals surface area contributed by atoms with Gasteiger partial charge in [0.25, 0.3) is 10.0 Å². The van der Waals surface area contributed by atoms with Gasteiger partial charge in [-0.25, -0.2) is 27.3 Å². The molecule has 0 aliphatic carbocycles. The Morgan fingerprint density at radius 2 is 1.90 bits per heavy atom. The van der Waals surface area contributed by atoms with Crippen molar-refractivity contribution >= 4 is 10.0 Å². The molecule has 2 N–H and O–H groups in total. The quantitative estimate of drug-likeness (QED) is 0.914. The molecule has 1 aromatic heterocycles. The zero-order valence-corrected chi connectivity index (χ0v) is 12.2. The van der Waals surface area contributed by atoms with Crippen molar-refractivity contribution in [3.63, 3.8) is 0 Å². The van der Waals surface area contributed by atoms with E-state index >= 15 is 0 Å². The van der Waals surface area contributed by atoms with E-state index in [4.69, 9.17) is 5.14 Å². The average molecular weight is 315 g/mol. The lowest BCUT2D eigenvalue weighted by Crippen LogP contribution is -2.12. The van der Waals surface area contributed by atoms with Gasteiger partial charge in [-0.15, -0.1) is 0 Å². The first-order valence-corrected chi connectivity index (χ1v) is 7.89. The number of nitrogens with zero attached hydrogens (tertiary/aromatic N) is 2. The van der Waals surface area contributed by atoms with Gasteiger partial charge in [0.15, 0.2) is 5.03 Å². The lowest BCUT2D eigenvalue weighted by Gasteiger charge is -2.08. The topological polar surface area (TPSA) is 78.0 Å². The summed E-state index contributed by atoms with van der Waals surface area (Å²) in [6, 6.07) is 3.57. The van der Waals surface area contributed by atoms with Crippen LogP contribution in [0.5, 0.6) is 0 Å². The third kappa shape index (κ3) is 3.45. The molecule has 0 aliphatic rings. The smallest absolute Gasteiger partial charge is 0.257 e. The lowest BCUT2D eigenvalue weighted by molar-refractivity contribution is 0.539. The molecule has 0 radical (unpaired) electrons. The number of imidazole rings is 1. The van der Waals surface area contributed by atoms with Crippen molar-refractivity contribution in [2.24, 2.45) is 5.14 Å². The van der Waals surface area contributed by atoms with Crippen molar-refractivity contribution < 1.29 is 17.2 Å². The maximum atomic E-state index is 13.7. The molecule has 0 unspecified atom stereocenters. The van der Waals surface area contributed by atoms with Crippen LogP contribution in [0.2, 0.25) is 0 Å². The van der Waals surface area contributed by atoms with Crippen LogP contribution in [0.15, 0.2) is 29.4 Å². The number of hydrogen-bond acceptors (Lipinski definition) is 3. The molecular formula is C13H15F2N3O2S. The summed E-state index contributed by atoms with van der Waals surface area (Å²) in [5, 5.41) is 4.73. The van der Waals surface area contributed by atoms with Gasteiger partial charge >= 0.3 is 0 Å². The van der Waals surface area contributed by atoms with Crippen LogP contribution in [-0.2, 0) is 23.0 Å². The summed E-state index contributed by atoms with van der Waals surface area (Å²) in [6.45, 7) is 1.75. The van der Waals surface area contributed by atoms with Crippen LogP contribution >= 0.6 is 0 Å². The van der Waals surface area contributed by atoms with Gasteiger partial charge in [0.2, 0.25) is 0 Å². The second-order valence-electron chi connectivity index (χ2n) is 4.62. The molecule has 2 aromatic rings. The molecule has 0 aliphatic heterocycles. The Hall–Kier alpha value is -1.80. The third-order valence-corrected chi connectivity index (χ3v) is 3.77. The van der Waals surface area contributed by atoms with Crippen molar-refractivity contribution in [3.05, 3.63) is 47.4 Å². The van der Waals surface area contributed by atoms with Gasteiger partial charge in [0.1, 0.15) is 17.5 Å². The molecule has 8 heteroatoms. The van der Waals surface area contributed by atoms with E-state index < -0.39 is 21.7 Å². The van der Waals surface area contributed by atoms with Gasteiger partial charge in [-0.2, -0.15) is 0 Å². The third-order valence-electron chi connectivity index (χ3n) is 2.99. The van der Waals surface area contributed by atoms with Crippen LogP contribution in [0.3, 0.4) is 0 Å². The highest BCUT2D eigenvalue weighted by Gasteiger charge is 2.18. The van der Waals surface area contributed by atoms with Gasteiger partial charge in [0.05, 0.1) is 6.54 Å². The molecule has 0 spiro atoms. The van der Waals surface area contributed by atoms with Crippen LogP contribution in [0, 0.1) is 11.6 Å². The first-order chi connectivity index (χ1) is 9.82. The van der Waals surface area contributed by atoms with Gasteiger partial charge in [-0.3, -0.25) is 0 Å². The van der Waals surface area contributed by atoms with Crippen molar-refractivity contribution in [3.8, 4) is 0 Å². The van der Waals surface area contributed by atoms with Crippen molar-refractivity contribution in [2.45, 2.75) is 31.3 Å². The Morgan fingerprint density at radius 3 is 2.43 bits per heavy atom. The molecule has 0 fully saturated rings. The van der Waals surface area contributed by atoms with E-state index in [2.05, 4.69) is 4.98 Å². The second kappa shape index (κ2) is 5.90. The number of hydrogen-bond donors (Lipinski definition) is 1. The van der Waals surface area contributed by atoms with Crippen LogP contribution in [0.1, 0.15) is 24.7 Å². The maximum Gasteiger partial charge on any atom is 0.257 e. The Bertz CT molecular complexity index is 737. The largest absolute Gasteiger partial charge is 0.329 e. The van der Waals surface area contributed by atoms with Crippen molar-refractivity contribution in [2.75, 3.05) is 0 Å². The maximum absolute atomic E-state index is 13.7. The highest BCUT2D eigenvalue weighted by atomic mass is 32.2. The van der Waals surface area contributed by atoms with E-state index in [9.17, 15) is 17.2 Å². The molecule has 2 rings (SSSR count).